The highest BCUT2D eigenvalue weighted by atomic mass is 16.3. The lowest BCUT2D eigenvalue weighted by Gasteiger charge is -2.18. The maximum absolute atomic E-state index is 9.62. The van der Waals surface area contributed by atoms with Gasteiger partial charge >= 0.3 is 0 Å². The molecule has 0 unspecified atom stereocenters. The van der Waals surface area contributed by atoms with Crippen LogP contribution in [0.25, 0.3) is 0 Å². The van der Waals surface area contributed by atoms with E-state index in [0.29, 0.717) is 6.54 Å². The molecule has 0 radical (unpaired) electrons. The van der Waals surface area contributed by atoms with E-state index in [9.17, 15) is 5.11 Å². The highest BCUT2D eigenvalue weighted by molar-refractivity contribution is 5.33. The Balaban J connectivity index is 1.93. The van der Waals surface area contributed by atoms with Gasteiger partial charge < -0.3 is 10.4 Å². The van der Waals surface area contributed by atoms with Crippen molar-refractivity contribution in [3.8, 4) is 0 Å². The lowest BCUT2D eigenvalue weighted by molar-refractivity contribution is 0.0795. The van der Waals surface area contributed by atoms with Crippen LogP contribution in [0.1, 0.15) is 43.7 Å². The van der Waals surface area contributed by atoms with Crippen molar-refractivity contribution in [1.82, 2.24) is 5.32 Å². The molecular weight excluding hydrogens is 198 g/mol. The minimum atomic E-state index is -0.630. The molecule has 0 spiro atoms. The third kappa shape index (κ3) is 3.32. The minimum Gasteiger partial charge on any atom is -0.389 e. The molecule has 1 fully saturated rings. The molecule has 0 aliphatic heterocycles. The second-order valence-electron chi connectivity index (χ2n) is 5.39. The third-order valence-electron chi connectivity index (χ3n) is 2.95. The van der Waals surface area contributed by atoms with Crippen molar-refractivity contribution >= 4 is 0 Å². The highest BCUT2D eigenvalue weighted by Gasteiger charge is 2.25. The molecule has 1 aliphatic carbocycles. The molecule has 0 atom stereocenters. The zero-order valence-corrected chi connectivity index (χ0v) is 10.2. The minimum absolute atomic E-state index is 0.630. The third-order valence-corrected chi connectivity index (χ3v) is 2.95. The normalized spacial score (nSPS) is 16.4. The molecule has 2 rings (SSSR count). The Bertz CT molecular complexity index is 350. The van der Waals surface area contributed by atoms with Crippen LogP contribution in [-0.4, -0.2) is 17.3 Å². The first kappa shape index (κ1) is 11.6. The van der Waals surface area contributed by atoms with Crippen molar-refractivity contribution in [2.75, 3.05) is 6.54 Å². The maximum Gasteiger partial charge on any atom is 0.0715 e. The van der Waals surface area contributed by atoms with Gasteiger partial charge in [-0.25, -0.2) is 0 Å². The van der Waals surface area contributed by atoms with Gasteiger partial charge in [-0.1, -0.05) is 24.3 Å². The first-order chi connectivity index (χ1) is 7.56. The van der Waals surface area contributed by atoms with E-state index in [4.69, 9.17) is 0 Å². The molecule has 2 heteroatoms. The molecule has 1 aromatic rings. The van der Waals surface area contributed by atoms with E-state index in [1.807, 2.05) is 13.8 Å². The smallest absolute Gasteiger partial charge is 0.0715 e. The lowest BCUT2D eigenvalue weighted by atomic mass is 10.0. The first-order valence-electron chi connectivity index (χ1n) is 6.07. The number of hydrogen-bond acceptors (Lipinski definition) is 2. The number of aliphatic hydroxyl groups is 1. The van der Waals surface area contributed by atoms with Crippen LogP contribution >= 0.6 is 0 Å². The molecule has 0 bridgehead atoms. The van der Waals surface area contributed by atoms with E-state index in [2.05, 4.69) is 29.6 Å². The van der Waals surface area contributed by atoms with E-state index in [1.54, 1.807) is 0 Å². The second-order valence-corrected chi connectivity index (χ2v) is 5.39. The van der Waals surface area contributed by atoms with Gasteiger partial charge in [0.15, 0.2) is 0 Å². The van der Waals surface area contributed by atoms with Gasteiger partial charge in [0.05, 0.1) is 5.60 Å². The van der Waals surface area contributed by atoms with Crippen LogP contribution in [0.2, 0.25) is 0 Å². The van der Waals surface area contributed by atoms with Crippen molar-refractivity contribution in [2.45, 2.75) is 44.8 Å². The number of hydrogen-bond donors (Lipinski definition) is 2. The molecule has 0 heterocycles. The quantitative estimate of drug-likeness (QED) is 0.797. The zero-order chi connectivity index (χ0) is 11.6. The molecule has 0 saturated heterocycles. The first-order valence-corrected chi connectivity index (χ1v) is 6.07. The van der Waals surface area contributed by atoms with Gasteiger partial charge in [0.1, 0.15) is 0 Å². The van der Waals surface area contributed by atoms with E-state index in [0.717, 1.165) is 12.5 Å². The van der Waals surface area contributed by atoms with Gasteiger partial charge in [-0.05, 0) is 43.7 Å². The lowest BCUT2D eigenvalue weighted by Crippen LogP contribution is -2.34. The van der Waals surface area contributed by atoms with Crippen LogP contribution in [0.5, 0.6) is 0 Å². The maximum atomic E-state index is 9.62. The van der Waals surface area contributed by atoms with Crippen molar-refractivity contribution in [2.24, 2.45) is 0 Å². The summed E-state index contributed by atoms with van der Waals surface area (Å²) in [4.78, 5) is 0. The van der Waals surface area contributed by atoms with Crippen molar-refractivity contribution in [3.05, 3.63) is 35.4 Å². The standard InChI is InChI=1S/C14H21NO/c1-14(2,16)10-15-9-12-5-3-4-6-13(12)11-7-8-11/h3-6,11,15-16H,7-10H2,1-2H3. The van der Waals surface area contributed by atoms with Crippen molar-refractivity contribution < 1.29 is 5.11 Å². The van der Waals surface area contributed by atoms with Gasteiger partial charge in [0.2, 0.25) is 0 Å². The SMILES string of the molecule is CC(C)(O)CNCc1ccccc1C1CC1. The molecule has 1 aromatic carbocycles. The fourth-order valence-corrected chi connectivity index (χ4v) is 1.99. The van der Waals surface area contributed by atoms with Crippen molar-refractivity contribution in [1.29, 1.82) is 0 Å². The monoisotopic (exact) mass is 219 g/mol. The largest absolute Gasteiger partial charge is 0.389 e. The number of benzene rings is 1. The number of rotatable bonds is 5. The molecule has 2 N–H and O–H groups in total. The summed E-state index contributed by atoms with van der Waals surface area (Å²) in [6.45, 7) is 5.14. The molecule has 1 aliphatic rings. The summed E-state index contributed by atoms with van der Waals surface area (Å²) in [5, 5.41) is 12.9. The van der Waals surface area contributed by atoms with Crippen LogP contribution in [0, 0.1) is 0 Å². The Morgan fingerprint density at radius 2 is 2.00 bits per heavy atom. The van der Waals surface area contributed by atoms with Crippen LogP contribution in [0.3, 0.4) is 0 Å². The Morgan fingerprint density at radius 3 is 2.62 bits per heavy atom. The fraction of sp³-hybridized carbons (Fsp3) is 0.571. The molecule has 1 saturated carbocycles. The Morgan fingerprint density at radius 1 is 1.31 bits per heavy atom. The summed E-state index contributed by atoms with van der Waals surface area (Å²) in [6.07, 6.45) is 2.67. The summed E-state index contributed by atoms with van der Waals surface area (Å²) >= 11 is 0. The van der Waals surface area contributed by atoms with E-state index in [1.165, 1.54) is 24.0 Å². The van der Waals surface area contributed by atoms with Gasteiger partial charge in [0.25, 0.3) is 0 Å². The Kier molecular flexibility index (Phi) is 3.31. The predicted octanol–water partition coefficient (Wildman–Crippen LogP) is 2.42. The van der Waals surface area contributed by atoms with E-state index in [-0.39, 0.29) is 0 Å². The topological polar surface area (TPSA) is 32.3 Å². The fourth-order valence-electron chi connectivity index (χ4n) is 1.99. The average Bonchev–Trinajstić information content (AvgIpc) is 3.00. The van der Waals surface area contributed by atoms with Gasteiger partial charge in [-0.2, -0.15) is 0 Å². The molecule has 88 valence electrons. The van der Waals surface area contributed by atoms with Crippen LogP contribution < -0.4 is 5.32 Å². The molecule has 16 heavy (non-hydrogen) atoms. The molecule has 0 amide bonds. The Hall–Kier alpha value is -0.860. The van der Waals surface area contributed by atoms with E-state index >= 15 is 0 Å². The number of nitrogens with one attached hydrogen (secondary N) is 1. The second kappa shape index (κ2) is 4.56. The average molecular weight is 219 g/mol. The summed E-state index contributed by atoms with van der Waals surface area (Å²) in [6, 6.07) is 8.63. The van der Waals surface area contributed by atoms with Gasteiger partial charge in [0, 0.05) is 13.1 Å². The predicted molar refractivity (Wildman–Crippen MR) is 66.4 cm³/mol. The van der Waals surface area contributed by atoms with Crippen LogP contribution in [0.4, 0.5) is 0 Å². The highest BCUT2D eigenvalue weighted by Crippen LogP contribution is 2.41. The Labute approximate surface area is 97.7 Å². The molecule has 0 aromatic heterocycles. The van der Waals surface area contributed by atoms with Gasteiger partial charge in [-0.3, -0.25) is 0 Å². The summed E-state index contributed by atoms with van der Waals surface area (Å²) < 4.78 is 0. The van der Waals surface area contributed by atoms with Crippen LogP contribution in [-0.2, 0) is 6.54 Å². The van der Waals surface area contributed by atoms with Crippen molar-refractivity contribution in [3.63, 3.8) is 0 Å². The summed E-state index contributed by atoms with van der Waals surface area (Å²) in [5.41, 5.74) is 2.24. The van der Waals surface area contributed by atoms with E-state index < -0.39 is 5.60 Å². The molecular formula is C14H21NO. The molecule has 2 nitrogen and oxygen atoms in total. The summed E-state index contributed by atoms with van der Waals surface area (Å²) in [5.74, 6) is 0.792. The van der Waals surface area contributed by atoms with Crippen LogP contribution in [0.15, 0.2) is 24.3 Å². The zero-order valence-electron chi connectivity index (χ0n) is 10.2. The van der Waals surface area contributed by atoms with Gasteiger partial charge in [-0.15, -0.1) is 0 Å². The summed E-state index contributed by atoms with van der Waals surface area (Å²) in [7, 11) is 0.